The Bertz CT molecular complexity index is 954. The number of nitrogens with zero attached hydrogens (tertiary/aromatic N) is 3. The minimum absolute atomic E-state index is 0.0545. The number of hydrogen-bond acceptors (Lipinski definition) is 5. The Balaban J connectivity index is 1.35. The topological polar surface area (TPSA) is 90.0 Å². The first-order valence-electron chi connectivity index (χ1n) is 12.8. The zero-order valence-corrected chi connectivity index (χ0v) is 21.1. The smallest absolute Gasteiger partial charge is 0.243 e. The molecule has 3 aliphatic rings. The average Bonchev–Trinajstić information content (AvgIpc) is 3.39. The SMILES string of the molecule is CN(C1CCCCC1)S(=O)(=O)c1ccc(NC(=O)CN2CCCCC2C(=O)N2CCCC2)cc1. The van der Waals surface area contributed by atoms with Crippen molar-refractivity contribution in [1.82, 2.24) is 14.1 Å². The summed E-state index contributed by atoms with van der Waals surface area (Å²) in [5.41, 5.74) is 0.559. The number of hydrogen-bond donors (Lipinski definition) is 1. The highest BCUT2D eigenvalue weighted by atomic mass is 32.2. The van der Waals surface area contributed by atoms with Gasteiger partial charge >= 0.3 is 0 Å². The molecule has 9 heteroatoms. The Hall–Kier alpha value is -1.97. The van der Waals surface area contributed by atoms with E-state index in [9.17, 15) is 18.0 Å². The summed E-state index contributed by atoms with van der Waals surface area (Å²) in [7, 11) is -1.90. The van der Waals surface area contributed by atoms with Crippen molar-refractivity contribution in [3.8, 4) is 0 Å². The molecule has 34 heavy (non-hydrogen) atoms. The van der Waals surface area contributed by atoms with Crippen LogP contribution in [0.15, 0.2) is 29.2 Å². The third-order valence-electron chi connectivity index (χ3n) is 7.57. The summed E-state index contributed by atoms with van der Waals surface area (Å²) < 4.78 is 27.6. The number of likely N-dealkylation sites (tertiary alicyclic amines) is 2. The molecule has 1 saturated carbocycles. The van der Waals surface area contributed by atoms with Gasteiger partial charge in [-0.05, 0) is 69.3 Å². The molecular formula is C25H38N4O4S. The fourth-order valence-electron chi connectivity index (χ4n) is 5.51. The van der Waals surface area contributed by atoms with Crippen LogP contribution in [0.3, 0.4) is 0 Å². The van der Waals surface area contributed by atoms with E-state index in [1.54, 1.807) is 31.3 Å². The molecule has 1 N–H and O–H groups in total. The van der Waals surface area contributed by atoms with E-state index in [2.05, 4.69) is 5.32 Å². The van der Waals surface area contributed by atoms with Gasteiger partial charge in [0.2, 0.25) is 21.8 Å². The zero-order chi connectivity index (χ0) is 24.1. The molecule has 2 aliphatic heterocycles. The van der Waals surface area contributed by atoms with Crippen LogP contribution in [-0.4, -0.2) is 79.6 Å². The summed E-state index contributed by atoms with van der Waals surface area (Å²) in [6, 6.07) is 6.24. The largest absolute Gasteiger partial charge is 0.341 e. The summed E-state index contributed by atoms with van der Waals surface area (Å²) in [5.74, 6) is -0.0299. The Morgan fingerprint density at radius 1 is 0.912 bits per heavy atom. The fourth-order valence-corrected chi connectivity index (χ4v) is 6.93. The third kappa shape index (κ3) is 5.80. The van der Waals surface area contributed by atoms with Crippen molar-refractivity contribution in [3.05, 3.63) is 24.3 Å². The standard InChI is InChI=1S/C25H38N4O4S/c1-27(21-9-3-2-4-10-21)34(32,33)22-14-12-20(13-15-22)26-24(30)19-29-18-6-5-11-23(29)25(31)28-16-7-8-17-28/h12-15,21,23H,2-11,16-19H2,1H3,(H,26,30). The van der Waals surface area contributed by atoms with Crippen molar-refractivity contribution in [3.63, 3.8) is 0 Å². The van der Waals surface area contributed by atoms with Gasteiger partial charge in [0.1, 0.15) is 0 Å². The zero-order valence-electron chi connectivity index (χ0n) is 20.2. The summed E-state index contributed by atoms with van der Waals surface area (Å²) in [5, 5.41) is 2.88. The predicted molar refractivity (Wildman–Crippen MR) is 132 cm³/mol. The van der Waals surface area contributed by atoms with Gasteiger partial charge in [-0.2, -0.15) is 4.31 Å². The summed E-state index contributed by atoms with van der Waals surface area (Å²) in [6.07, 6.45) is 10.0. The van der Waals surface area contributed by atoms with E-state index in [0.717, 1.165) is 77.4 Å². The molecule has 1 aromatic rings. The van der Waals surface area contributed by atoms with Gasteiger partial charge in [-0.15, -0.1) is 0 Å². The lowest BCUT2D eigenvalue weighted by Gasteiger charge is -2.36. The quantitative estimate of drug-likeness (QED) is 0.635. The van der Waals surface area contributed by atoms with Gasteiger partial charge in [0.15, 0.2) is 0 Å². The van der Waals surface area contributed by atoms with Crippen molar-refractivity contribution in [1.29, 1.82) is 0 Å². The van der Waals surface area contributed by atoms with Crippen LogP contribution in [0.4, 0.5) is 5.69 Å². The van der Waals surface area contributed by atoms with Crippen LogP contribution in [-0.2, 0) is 19.6 Å². The number of carbonyl (C=O) groups is 2. The lowest BCUT2D eigenvalue weighted by molar-refractivity contribution is -0.137. The molecule has 1 aliphatic carbocycles. The first kappa shape index (κ1) is 25.1. The van der Waals surface area contributed by atoms with Gasteiger partial charge in [-0.3, -0.25) is 14.5 Å². The number of carbonyl (C=O) groups excluding carboxylic acids is 2. The van der Waals surface area contributed by atoms with Crippen LogP contribution in [0.5, 0.6) is 0 Å². The van der Waals surface area contributed by atoms with Crippen molar-refractivity contribution in [2.24, 2.45) is 0 Å². The van der Waals surface area contributed by atoms with Crippen LogP contribution < -0.4 is 5.32 Å². The number of rotatable bonds is 7. The van der Waals surface area contributed by atoms with Gasteiger partial charge in [0.05, 0.1) is 17.5 Å². The van der Waals surface area contributed by atoms with Crippen molar-refractivity contribution in [2.45, 2.75) is 81.2 Å². The molecular weight excluding hydrogens is 452 g/mol. The number of amides is 2. The number of sulfonamides is 1. The Kier molecular flexibility index (Phi) is 8.26. The maximum atomic E-state index is 13.0. The maximum absolute atomic E-state index is 13.0. The van der Waals surface area contributed by atoms with E-state index in [0.29, 0.717) is 5.69 Å². The van der Waals surface area contributed by atoms with Crippen molar-refractivity contribution in [2.75, 3.05) is 38.5 Å². The molecule has 3 fully saturated rings. The van der Waals surface area contributed by atoms with E-state index in [-0.39, 0.29) is 35.3 Å². The van der Waals surface area contributed by atoms with Crippen LogP contribution in [0.2, 0.25) is 0 Å². The lowest BCUT2D eigenvalue weighted by atomic mass is 9.96. The normalized spacial score (nSPS) is 22.8. The van der Waals surface area contributed by atoms with E-state index < -0.39 is 10.0 Å². The summed E-state index contributed by atoms with van der Waals surface area (Å²) in [6.45, 7) is 2.54. The molecule has 0 radical (unpaired) electrons. The summed E-state index contributed by atoms with van der Waals surface area (Å²) >= 11 is 0. The van der Waals surface area contributed by atoms with E-state index in [1.807, 2.05) is 9.80 Å². The molecule has 2 amide bonds. The molecule has 188 valence electrons. The second-order valence-corrected chi connectivity index (χ2v) is 11.9. The number of nitrogens with one attached hydrogen (secondary N) is 1. The van der Waals surface area contributed by atoms with Crippen LogP contribution >= 0.6 is 0 Å². The van der Waals surface area contributed by atoms with Crippen molar-refractivity contribution < 1.29 is 18.0 Å². The number of benzene rings is 1. The average molecular weight is 491 g/mol. The molecule has 1 atom stereocenters. The molecule has 4 rings (SSSR count). The van der Waals surface area contributed by atoms with E-state index in [1.165, 1.54) is 10.7 Å². The van der Waals surface area contributed by atoms with Crippen LogP contribution in [0.1, 0.15) is 64.2 Å². The highest BCUT2D eigenvalue weighted by molar-refractivity contribution is 7.89. The fraction of sp³-hybridized carbons (Fsp3) is 0.680. The molecule has 0 aromatic heterocycles. The Labute approximate surface area is 203 Å². The molecule has 1 aromatic carbocycles. The van der Waals surface area contributed by atoms with Gasteiger partial charge in [0.25, 0.3) is 0 Å². The van der Waals surface area contributed by atoms with Gasteiger partial charge < -0.3 is 10.2 Å². The van der Waals surface area contributed by atoms with Crippen molar-refractivity contribution >= 4 is 27.5 Å². The number of piperidine rings is 1. The van der Waals surface area contributed by atoms with Crippen LogP contribution in [0, 0.1) is 0 Å². The molecule has 0 spiro atoms. The van der Waals surface area contributed by atoms with E-state index in [4.69, 9.17) is 0 Å². The first-order valence-corrected chi connectivity index (χ1v) is 14.2. The Morgan fingerprint density at radius 3 is 2.21 bits per heavy atom. The minimum atomic E-state index is -3.56. The lowest BCUT2D eigenvalue weighted by Crippen LogP contribution is -2.52. The second-order valence-electron chi connectivity index (χ2n) is 9.90. The van der Waals surface area contributed by atoms with Gasteiger partial charge in [0, 0.05) is 31.9 Å². The molecule has 2 saturated heterocycles. The number of anilines is 1. The van der Waals surface area contributed by atoms with Crippen LogP contribution in [0.25, 0.3) is 0 Å². The summed E-state index contributed by atoms with van der Waals surface area (Å²) in [4.78, 5) is 29.9. The molecule has 1 unspecified atom stereocenters. The molecule has 0 bridgehead atoms. The molecule has 2 heterocycles. The van der Waals surface area contributed by atoms with Gasteiger partial charge in [-0.1, -0.05) is 25.7 Å². The monoisotopic (exact) mass is 490 g/mol. The Morgan fingerprint density at radius 2 is 1.53 bits per heavy atom. The highest BCUT2D eigenvalue weighted by Crippen LogP contribution is 2.27. The van der Waals surface area contributed by atoms with E-state index >= 15 is 0 Å². The third-order valence-corrected chi connectivity index (χ3v) is 9.49. The second kappa shape index (κ2) is 11.2. The minimum Gasteiger partial charge on any atom is -0.341 e. The predicted octanol–water partition coefficient (Wildman–Crippen LogP) is 3.06. The van der Waals surface area contributed by atoms with Gasteiger partial charge in [-0.25, -0.2) is 8.42 Å². The molecule has 8 nitrogen and oxygen atoms in total. The highest BCUT2D eigenvalue weighted by Gasteiger charge is 2.34. The maximum Gasteiger partial charge on any atom is 0.243 e. The first-order chi connectivity index (χ1) is 16.4.